The molecule has 0 aromatic carbocycles. The monoisotopic (exact) mass is 339 g/mol. The van der Waals surface area contributed by atoms with E-state index < -0.39 is 0 Å². The van der Waals surface area contributed by atoms with Crippen LogP contribution in [0.15, 0.2) is 48.0 Å². The van der Waals surface area contributed by atoms with E-state index in [1.807, 2.05) is 35.7 Å². The molecule has 1 saturated heterocycles. The lowest BCUT2D eigenvalue weighted by molar-refractivity contribution is 0.0935. The zero-order valence-electron chi connectivity index (χ0n) is 13.0. The van der Waals surface area contributed by atoms with Crippen LogP contribution in [0.4, 0.5) is 5.82 Å². The molecule has 122 valence electrons. The number of aromatic nitrogens is 3. The van der Waals surface area contributed by atoms with Crippen molar-refractivity contribution in [1.82, 2.24) is 20.5 Å². The topological polar surface area (TPSA) is 73.9 Å². The maximum absolute atomic E-state index is 12.4. The number of hydrogen-bond acceptors (Lipinski definition) is 5. The second kappa shape index (κ2) is 6.45. The highest BCUT2D eigenvalue weighted by Crippen LogP contribution is 2.23. The molecule has 0 bridgehead atoms. The maximum Gasteiger partial charge on any atom is 0.272 e. The maximum atomic E-state index is 12.4. The Morgan fingerprint density at radius 3 is 3.08 bits per heavy atom. The highest BCUT2D eigenvalue weighted by Gasteiger charge is 2.25. The molecule has 3 aromatic heterocycles. The van der Waals surface area contributed by atoms with Crippen molar-refractivity contribution in [3.05, 3.63) is 53.7 Å². The summed E-state index contributed by atoms with van der Waals surface area (Å²) in [5.41, 5.74) is 1.30. The van der Waals surface area contributed by atoms with Crippen LogP contribution in [0, 0.1) is 0 Å². The summed E-state index contributed by atoms with van der Waals surface area (Å²) >= 11 is 1.62. The third-order valence-electron chi connectivity index (χ3n) is 4.09. The second-order valence-corrected chi connectivity index (χ2v) is 6.68. The van der Waals surface area contributed by atoms with Gasteiger partial charge in [0.15, 0.2) is 5.69 Å². The first-order valence-corrected chi connectivity index (χ1v) is 8.74. The number of carbonyl (C=O) groups is 1. The number of H-pyrrole nitrogens is 1. The van der Waals surface area contributed by atoms with Gasteiger partial charge < -0.3 is 10.2 Å². The molecule has 0 aliphatic carbocycles. The molecule has 1 amide bonds. The molecule has 0 radical (unpaired) electrons. The molecule has 3 aromatic rings. The van der Waals surface area contributed by atoms with Crippen LogP contribution in [-0.4, -0.2) is 40.2 Å². The molecule has 6 nitrogen and oxygen atoms in total. The zero-order chi connectivity index (χ0) is 16.4. The first kappa shape index (κ1) is 14.9. The molecule has 0 spiro atoms. The summed E-state index contributed by atoms with van der Waals surface area (Å²) in [6, 6.07) is 11.8. The quantitative estimate of drug-likeness (QED) is 0.766. The summed E-state index contributed by atoms with van der Waals surface area (Å²) in [5, 5.41) is 12.1. The van der Waals surface area contributed by atoms with Crippen LogP contribution in [0.3, 0.4) is 0 Å². The van der Waals surface area contributed by atoms with E-state index in [2.05, 4.69) is 25.4 Å². The summed E-state index contributed by atoms with van der Waals surface area (Å²) in [6.45, 7) is 1.66. The summed E-state index contributed by atoms with van der Waals surface area (Å²) in [5.74, 6) is 0.816. The minimum Gasteiger partial charge on any atom is -0.354 e. The van der Waals surface area contributed by atoms with Gasteiger partial charge in [0.25, 0.3) is 5.91 Å². The Bertz CT molecular complexity index is 815. The van der Waals surface area contributed by atoms with E-state index in [0.717, 1.165) is 35.9 Å². The molecule has 1 fully saturated rings. The molecule has 0 saturated carbocycles. The van der Waals surface area contributed by atoms with E-state index in [9.17, 15) is 4.79 Å². The first-order valence-electron chi connectivity index (χ1n) is 7.86. The van der Waals surface area contributed by atoms with Gasteiger partial charge in [0.2, 0.25) is 0 Å². The van der Waals surface area contributed by atoms with Crippen molar-refractivity contribution in [2.75, 3.05) is 18.0 Å². The molecule has 4 heterocycles. The lowest BCUT2D eigenvalue weighted by atomic mass is 10.2. The largest absolute Gasteiger partial charge is 0.354 e. The van der Waals surface area contributed by atoms with E-state index in [0.29, 0.717) is 5.69 Å². The standard InChI is InChI=1S/C17H17N5OS/c23-17(14-10-13(20-21-14)15-4-3-9-24-15)19-12-6-8-22(11-12)16-5-1-2-7-18-16/h1-5,7,9-10,12H,6,8,11H2,(H,19,23)(H,20,21)/t12-/m1/s1. The fourth-order valence-corrected chi connectivity index (χ4v) is 3.57. The van der Waals surface area contributed by atoms with Crippen LogP contribution in [-0.2, 0) is 0 Å². The molecular weight excluding hydrogens is 322 g/mol. The number of rotatable bonds is 4. The van der Waals surface area contributed by atoms with E-state index in [1.54, 1.807) is 23.6 Å². The number of thiophene rings is 1. The number of hydrogen-bond donors (Lipinski definition) is 2. The van der Waals surface area contributed by atoms with Crippen LogP contribution in [0.5, 0.6) is 0 Å². The zero-order valence-corrected chi connectivity index (χ0v) is 13.8. The Morgan fingerprint density at radius 2 is 2.29 bits per heavy atom. The molecule has 7 heteroatoms. The lowest BCUT2D eigenvalue weighted by Gasteiger charge is -2.17. The van der Waals surface area contributed by atoms with Crippen molar-refractivity contribution in [3.8, 4) is 10.6 Å². The highest BCUT2D eigenvalue weighted by atomic mass is 32.1. The van der Waals surface area contributed by atoms with Gasteiger partial charge in [-0.3, -0.25) is 9.89 Å². The van der Waals surface area contributed by atoms with E-state index >= 15 is 0 Å². The number of nitrogens with zero attached hydrogens (tertiary/aromatic N) is 3. The fraction of sp³-hybridized carbons (Fsp3) is 0.235. The Morgan fingerprint density at radius 1 is 1.33 bits per heavy atom. The molecule has 0 unspecified atom stereocenters. The normalized spacial score (nSPS) is 17.2. The smallest absolute Gasteiger partial charge is 0.272 e. The van der Waals surface area contributed by atoms with Crippen LogP contribution in [0.25, 0.3) is 10.6 Å². The fourth-order valence-electron chi connectivity index (χ4n) is 2.88. The van der Waals surface area contributed by atoms with Gasteiger partial charge in [0, 0.05) is 25.3 Å². The van der Waals surface area contributed by atoms with Gasteiger partial charge in [-0.15, -0.1) is 11.3 Å². The predicted octanol–water partition coefficient (Wildman–Crippen LogP) is 2.54. The summed E-state index contributed by atoms with van der Waals surface area (Å²) < 4.78 is 0. The minimum absolute atomic E-state index is 0.112. The van der Waals surface area contributed by atoms with Gasteiger partial charge in [-0.2, -0.15) is 5.10 Å². The molecular formula is C17H17N5OS. The second-order valence-electron chi connectivity index (χ2n) is 5.74. The first-order chi connectivity index (χ1) is 11.8. The molecule has 4 rings (SSSR count). The Kier molecular flexibility index (Phi) is 4.00. The number of carbonyl (C=O) groups excluding carboxylic acids is 1. The number of anilines is 1. The number of nitrogens with one attached hydrogen (secondary N) is 2. The molecule has 1 atom stereocenters. The van der Waals surface area contributed by atoms with Crippen LogP contribution in [0.1, 0.15) is 16.9 Å². The highest BCUT2D eigenvalue weighted by molar-refractivity contribution is 7.13. The summed E-state index contributed by atoms with van der Waals surface area (Å²) in [6.07, 6.45) is 2.70. The number of aromatic amines is 1. The SMILES string of the molecule is O=C(N[C@@H]1CCN(c2ccccn2)C1)c1cc(-c2cccs2)[nH]n1. The summed E-state index contributed by atoms with van der Waals surface area (Å²) in [4.78, 5) is 20.0. The Hall–Kier alpha value is -2.67. The van der Waals surface area contributed by atoms with Crippen molar-refractivity contribution in [3.63, 3.8) is 0 Å². The molecule has 2 N–H and O–H groups in total. The van der Waals surface area contributed by atoms with E-state index in [1.165, 1.54) is 0 Å². The van der Waals surface area contributed by atoms with E-state index in [4.69, 9.17) is 0 Å². The lowest BCUT2D eigenvalue weighted by Crippen LogP contribution is -2.37. The van der Waals surface area contributed by atoms with Gasteiger partial charge >= 0.3 is 0 Å². The third-order valence-corrected chi connectivity index (χ3v) is 5.00. The van der Waals surface area contributed by atoms with Crippen LogP contribution < -0.4 is 10.2 Å². The van der Waals surface area contributed by atoms with E-state index in [-0.39, 0.29) is 11.9 Å². The Labute approximate surface area is 143 Å². The van der Waals surface area contributed by atoms with Crippen molar-refractivity contribution < 1.29 is 4.79 Å². The van der Waals surface area contributed by atoms with Gasteiger partial charge in [-0.25, -0.2) is 4.98 Å². The number of pyridine rings is 1. The minimum atomic E-state index is -0.137. The van der Waals surface area contributed by atoms with Crippen molar-refractivity contribution in [2.45, 2.75) is 12.5 Å². The average molecular weight is 339 g/mol. The van der Waals surface area contributed by atoms with Crippen molar-refractivity contribution in [1.29, 1.82) is 0 Å². The van der Waals surface area contributed by atoms with Gasteiger partial charge in [-0.1, -0.05) is 12.1 Å². The van der Waals surface area contributed by atoms with Gasteiger partial charge in [-0.05, 0) is 36.1 Å². The van der Waals surface area contributed by atoms with Gasteiger partial charge in [0.05, 0.1) is 10.6 Å². The van der Waals surface area contributed by atoms with Crippen molar-refractivity contribution in [2.24, 2.45) is 0 Å². The molecule has 24 heavy (non-hydrogen) atoms. The number of amides is 1. The Balaban J connectivity index is 1.39. The summed E-state index contributed by atoms with van der Waals surface area (Å²) in [7, 11) is 0. The molecule has 1 aliphatic rings. The van der Waals surface area contributed by atoms with Gasteiger partial charge in [0.1, 0.15) is 5.82 Å². The average Bonchev–Trinajstić information content (AvgIpc) is 3.36. The third kappa shape index (κ3) is 3.03. The predicted molar refractivity (Wildman–Crippen MR) is 94.2 cm³/mol. The van der Waals surface area contributed by atoms with Crippen molar-refractivity contribution >= 4 is 23.1 Å². The molecule has 1 aliphatic heterocycles. The van der Waals surface area contributed by atoms with Crippen LogP contribution in [0.2, 0.25) is 0 Å². The van der Waals surface area contributed by atoms with Crippen LogP contribution >= 0.6 is 11.3 Å².